The first kappa shape index (κ1) is 8.57. The Labute approximate surface area is 71.4 Å². The van der Waals surface area contributed by atoms with Crippen LogP contribution in [0.5, 0.6) is 0 Å². The number of benzene rings is 1. The monoisotopic (exact) mass is 162 g/mol. The molecule has 0 aliphatic rings. The van der Waals surface area contributed by atoms with Gasteiger partial charge in [0.1, 0.15) is 6.07 Å². The van der Waals surface area contributed by atoms with Crippen molar-refractivity contribution in [3.8, 4) is 6.07 Å². The third-order valence-corrected chi connectivity index (χ3v) is 1.55. The van der Waals surface area contributed by atoms with E-state index in [1.165, 1.54) is 0 Å². The van der Waals surface area contributed by atoms with Crippen molar-refractivity contribution >= 4 is 5.69 Å². The molecule has 2 N–H and O–H groups in total. The van der Waals surface area contributed by atoms with E-state index in [9.17, 15) is 0 Å². The summed E-state index contributed by atoms with van der Waals surface area (Å²) < 4.78 is 4.92. The Morgan fingerprint density at radius 3 is 2.92 bits per heavy atom. The fourth-order valence-corrected chi connectivity index (χ4v) is 0.957. The molecule has 1 aromatic carbocycles. The molecule has 1 aromatic rings. The number of nitrogen functional groups attached to an aromatic ring is 1. The lowest BCUT2D eigenvalue weighted by Crippen LogP contribution is -1.93. The fraction of sp³-hybridized carbons (Fsp3) is 0.222. The summed E-state index contributed by atoms with van der Waals surface area (Å²) in [7, 11) is 1.61. The van der Waals surface area contributed by atoms with Gasteiger partial charge in [0.15, 0.2) is 0 Å². The van der Waals surface area contributed by atoms with Gasteiger partial charge in [-0.1, -0.05) is 6.07 Å². The Bertz CT molecular complexity index is 315. The van der Waals surface area contributed by atoms with Crippen LogP contribution in [-0.4, -0.2) is 7.11 Å². The van der Waals surface area contributed by atoms with Crippen molar-refractivity contribution in [1.29, 1.82) is 5.26 Å². The summed E-state index contributed by atoms with van der Waals surface area (Å²) in [4.78, 5) is 0. The number of methoxy groups -OCH3 is 1. The molecule has 0 amide bonds. The topological polar surface area (TPSA) is 59.0 Å². The Balaban J connectivity index is 2.99. The molecule has 0 radical (unpaired) electrons. The van der Waals surface area contributed by atoms with Crippen LogP contribution in [0.4, 0.5) is 5.69 Å². The number of anilines is 1. The largest absolute Gasteiger partial charge is 0.398 e. The van der Waals surface area contributed by atoms with Gasteiger partial charge in [0.05, 0.1) is 12.2 Å². The number of hydrogen-bond donors (Lipinski definition) is 1. The van der Waals surface area contributed by atoms with Crippen LogP contribution >= 0.6 is 0 Å². The molecule has 0 heterocycles. The second-order valence-corrected chi connectivity index (χ2v) is 2.47. The lowest BCUT2D eigenvalue weighted by Gasteiger charge is -2.01. The van der Waals surface area contributed by atoms with E-state index in [0.717, 1.165) is 5.56 Å². The van der Waals surface area contributed by atoms with Gasteiger partial charge < -0.3 is 10.5 Å². The van der Waals surface area contributed by atoms with Crippen LogP contribution in [0.1, 0.15) is 11.1 Å². The molecule has 0 fully saturated rings. The summed E-state index contributed by atoms with van der Waals surface area (Å²) in [6.45, 7) is 0.509. The minimum atomic E-state index is 0.504. The van der Waals surface area contributed by atoms with Gasteiger partial charge >= 0.3 is 0 Å². The maximum atomic E-state index is 8.64. The summed E-state index contributed by atoms with van der Waals surface area (Å²) in [5, 5.41) is 8.64. The van der Waals surface area contributed by atoms with Gasteiger partial charge in [-0.05, 0) is 17.7 Å². The lowest BCUT2D eigenvalue weighted by molar-refractivity contribution is 0.185. The van der Waals surface area contributed by atoms with E-state index in [1.807, 2.05) is 12.1 Å². The summed E-state index contributed by atoms with van der Waals surface area (Å²) in [6.07, 6.45) is 0. The fourth-order valence-electron chi connectivity index (χ4n) is 0.957. The number of ether oxygens (including phenoxy) is 1. The van der Waals surface area contributed by atoms with Gasteiger partial charge in [-0.25, -0.2) is 0 Å². The van der Waals surface area contributed by atoms with Crippen LogP contribution in [-0.2, 0) is 11.3 Å². The predicted octanol–water partition coefficient (Wildman–Crippen LogP) is 1.29. The molecule has 3 nitrogen and oxygen atoms in total. The molecule has 0 aromatic heterocycles. The molecule has 0 unspecified atom stereocenters. The second-order valence-electron chi connectivity index (χ2n) is 2.47. The Hall–Kier alpha value is -1.53. The van der Waals surface area contributed by atoms with Gasteiger partial charge in [-0.15, -0.1) is 0 Å². The first-order chi connectivity index (χ1) is 5.77. The van der Waals surface area contributed by atoms with Crippen molar-refractivity contribution in [3.63, 3.8) is 0 Å². The molecular formula is C9H10N2O. The second kappa shape index (κ2) is 3.74. The Kier molecular flexibility index (Phi) is 2.67. The maximum Gasteiger partial charge on any atom is 0.101 e. The molecule has 0 spiro atoms. The summed E-state index contributed by atoms with van der Waals surface area (Å²) >= 11 is 0. The van der Waals surface area contributed by atoms with Crippen LogP contribution < -0.4 is 5.73 Å². The normalized spacial score (nSPS) is 9.33. The standard InChI is InChI=1S/C9H10N2O/c1-12-6-7-2-3-9(11)8(4-7)5-10/h2-4H,6,11H2,1H3. The van der Waals surface area contributed by atoms with E-state index in [1.54, 1.807) is 19.2 Å². The zero-order valence-electron chi connectivity index (χ0n) is 6.87. The highest BCUT2D eigenvalue weighted by molar-refractivity contribution is 5.55. The van der Waals surface area contributed by atoms with Crippen molar-refractivity contribution in [2.75, 3.05) is 12.8 Å². The summed E-state index contributed by atoms with van der Waals surface area (Å²) in [5.41, 5.74) is 7.51. The third-order valence-electron chi connectivity index (χ3n) is 1.55. The minimum absolute atomic E-state index is 0.504. The molecule has 0 saturated heterocycles. The van der Waals surface area contributed by atoms with Crippen LogP contribution in [0.25, 0.3) is 0 Å². The van der Waals surface area contributed by atoms with Crippen LogP contribution in [0.3, 0.4) is 0 Å². The average Bonchev–Trinajstić information content (AvgIpc) is 2.09. The highest BCUT2D eigenvalue weighted by atomic mass is 16.5. The quantitative estimate of drug-likeness (QED) is 0.666. The van der Waals surface area contributed by atoms with E-state index >= 15 is 0 Å². The average molecular weight is 162 g/mol. The number of hydrogen-bond acceptors (Lipinski definition) is 3. The first-order valence-corrected chi connectivity index (χ1v) is 3.55. The van der Waals surface area contributed by atoms with E-state index in [-0.39, 0.29) is 0 Å². The zero-order chi connectivity index (χ0) is 8.97. The van der Waals surface area contributed by atoms with Crippen molar-refractivity contribution in [2.45, 2.75) is 6.61 Å². The van der Waals surface area contributed by atoms with Gasteiger partial charge in [-0.3, -0.25) is 0 Å². The third kappa shape index (κ3) is 1.74. The van der Waals surface area contributed by atoms with Crippen LogP contribution in [0, 0.1) is 11.3 Å². The van der Waals surface area contributed by atoms with Gasteiger partial charge in [0.2, 0.25) is 0 Å². The number of nitrogens with zero attached hydrogens (tertiary/aromatic N) is 1. The van der Waals surface area contributed by atoms with Gasteiger partial charge in [0.25, 0.3) is 0 Å². The van der Waals surface area contributed by atoms with E-state index in [4.69, 9.17) is 15.7 Å². The maximum absolute atomic E-state index is 8.64. The Morgan fingerprint density at radius 1 is 1.58 bits per heavy atom. The van der Waals surface area contributed by atoms with E-state index < -0.39 is 0 Å². The van der Waals surface area contributed by atoms with Crippen LogP contribution in [0.2, 0.25) is 0 Å². The van der Waals surface area contributed by atoms with Crippen molar-refractivity contribution in [2.24, 2.45) is 0 Å². The highest BCUT2D eigenvalue weighted by Crippen LogP contribution is 2.13. The van der Waals surface area contributed by atoms with Crippen LogP contribution in [0.15, 0.2) is 18.2 Å². The Morgan fingerprint density at radius 2 is 2.33 bits per heavy atom. The molecular weight excluding hydrogens is 152 g/mol. The zero-order valence-corrected chi connectivity index (χ0v) is 6.87. The molecule has 62 valence electrons. The number of rotatable bonds is 2. The van der Waals surface area contributed by atoms with Crippen molar-refractivity contribution in [1.82, 2.24) is 0 Å². The van der Waals surface area contributed by atoms with Crippen molar-refractivity contribution in [3.05, 3.63) is 29.3 Å². The summed E-state index contributed by atoms with van der Waals surface area (Å²) in [5.74, 6) is 0. The van der Waals surface area contributed by atoms with E-state index in [0.29, 0.717) is 17.9 Å². The smallest absolute Gasteiger partial charge is 0.101 e. The number of nitrogens with two attached hydrogens (primary N) is 1. The van der Waals surface area contributed by atoms with Crippen molar-refractivity contribution < 1.29 is 4.74 Å². The SMILES string of the molecule is COCc1ccc(N)c(C#N)c1. The van der Waals surface area contributed by atoms with E-state index in [2.05, 4.69) is 0 Å². The lowest BCUT2D eigenvalue weighted by atomic mass is 10.1. The molecule has 1 rings (SSSR count). The van der Waals surface area contributed by atoms with Gasteiger partial charge in [-0.2, -0.15) is 5.26 Å². The molecule has 3 heteroatoms. The minimum Gasteiger partial charge on any atom is -0.398 e. The summed E-state index contributed by atoms with van der Waals surface area (Å²) in [6, 6.07) is 7.31. The van der Waals surface area contributed by atoms with Gasteiger partial charge in [0, 0.05) is 12.8 Å². The molecule has 0 bridgehead atoms. The molecule has 0 saturated carbocycles. The molecule has 0 atom stereocenters. The molecule has 0 aliphatic carbocycles. The predicted molar refractivity (Wildman–Crippen MR) is 46.3 cm³/mol. The first-order valence-electron chi connectivity index (χ1n) is 3.55. The molecule has 0 aliphatic heterocycles. The highest BCUT2D eigenvalue weighted by Gasteiger charge is 1.98. The molecule has 12 heavy (non-hydrogen) atoms. The number of nitriles is 1.